The monoisotopic (exact) mass is 286 g/mol. The van der Waals surface area contributed by atoms with Crippen LogP contribution in [0.25, 0.3) is 0 Å². The highest BCUT2D eigenvalue weighted by atomic mass is 127. The van der Waals surface area contributed by atoms with Crippen molar-refractivity contribution in [2.45, 2.75) is 26.2 Å². The Morgan fingerprint density at radius 3 is 2.85 bits per heavy atom. The lowest BCUT2D eigenvalue weighted by molar-refractivity contribution is 0.0994. The summed E-state index contributed by atoms with van der Waals surface area (Å²) >= 11 is 2.31. The minimum atomic E-state index is 0.315. The van der Waals surface area contributed by atoms with Crippen molar-refractivity contribution in [2.24, 2.45) is 0 Å². The van der Waals surface area contributed by atoms with Gasteiger partial charge in [0.25, 0.3) is 0 Å². The van der Waals surface area contributed by atoms with Crippen molar-refractivity contribution in [1.82, 2.24) is 0 Å². The van der Waals surface area contributed by atoms with Crippen LogP contribution < -0.4 is 0 Å². The largest absolute Gasteiger partial charge is 0.294 e. The van der Waals surface area contributed by atoms with Crippen molar-refractivity contribution in [3.8, 4) is 0 Å². The highest BCUT2D eigenvalue weighted by Crippen LogP contribution is 2.26. The maximum Gasteiger partial charge on any atom is 0.163 e. The third kappa shape index (κ3) is 1.52. The van der Waals surface area contributed by atoms with E-state index in [4.69, 9.17) is 0 Å². The fraction of sp³-hybridized carbons (Fsp3) is 0.364. The van der Waals surface area contributed by atoms with Crippen molar-refractivity contribution >= 4 is 28.4 Å². The lowest BCUT2D eigenvalue weighted by atomic mass is 10.0. The molecule has 1 aromatic rings. The second-order valence-electron chi connectivity index (χ2n) is 3.38. The van der Waals surface area contributed by atoms with Gasteiger partial charge in [0.2, 0.25) is 0 Å². The normalized spacial score (nSPS) is 14.8. The molecule has 13 heavy (non-hydrogen) atoms. The first kappa shape index (κ1) is 9.19. The molecule has 2 rings (SSSR count). The standard InChI is InChI=1S/C11H11IO/c1-2-7-5-8-3-4-11(13)9(8)6-10(7)12/h5-6H,2-4H2,1H3. The summed E-state index contributed by atoms with van der Waals surface area (Å²) in [6.07, 6.45) is 2.70. The first-order valence-corrected chi connectivity index (χ1v) is 5.64. The van der Waals surface area contributed by atoms with Crippen LogP contribution in [0.1, 0.15) is 34.8 Å². The molecule has 2 heteroatoms. The second kappa shape index (κ2) is 3.40. The van der Waals surface area contributed by atoms with Gasteiger partial charge in [0.1, 0.15) is 0 Å². The van der Waals surface area contributed by atoms with Crippen LogP contribution in [0.15, 0.2) is 12.1 Å². The van der Waals surface area contributed by atoms with Gasteiger partial charge in [0, 0.05) is 15.6 Å². The lowest BCUT2D eigenvalue weighted by Crippen LogP contribution is -1.95. The molecule has 0 aromatic heterocycles. The van der Waals surface area contributed by atoms with Gasteiger partial charge in [-0.1, -0.05) is 13.0 Å². The molecule has 0 N–H and O–H groups in total. The Morgan fingerprint density at radius 1 is 1.38 bits per heavy atom. The molecule has 1 nitrogen and oxygen atoms in total. The minimum absolute atomic E-state index is 0.315. The molecule has 1 aliphatic rings. The Balaban J connectivity index is 2.56. The number of aryl methyl sites for hydroxylation is 2. The van der Waals surface area contributed by atoms with Gasteiger partial charge < -0.3 is 0 Å². The van der Waals surface area contributed by atoms with Gasteiger partial charge in [-0.3, -0.25) is 4.79 Å². The van der Waals surface area contributed by atoms with E-state index in [1.807, 2.05) is 6.07 Å². The van der Waals surface area contributed by atoms with Crippen molar-refractivity contribution in [2.75, 3.05) is 0 Å². The van der Waals surface area contributed by atoms with Crippen molar-refractivity contribution in [1.29, 1.82) is 0 Å². The summed E-state index contributed by atoms with van der Waals surface area (Å²) in [5.74, 6) is 0.315. The molecule has 0 saturated carbocycles. The van der Waals surface area contributed by atoms with Gasteiger partial charge in [-0.05, 0) is 52.6 Å². The molecule has 0 spiro atoms. The zero-order chi connectivity index (χ0) is 9.42. The van der Waals surface area contributed by atoms with Crippen LogP contribution in [-0.2, 0) is 12.8 Å². The van der Waals surface area contributed by atoms with E-state index in [0.717, 1.165) is 18.4 Å². The summed E-state index contributed by atoms with van der Waals surface area (Å²) in [5, 5.41) is 0. The van der Waals surface area contributed by atoms with Gasteiger partial charge in [0.15, 0.2) is 5.78 Å². The Labute approximate surface area is 91.7 Å². The Morgan fingerprint density at radius 2 is 2.15 bits per heavy atom. The van der Waals surface area contributed by atoms with Gasteiger partial charge in [0.05, 0.1) is 0 Å². The summed E-state index contributed by atoms with van der Waals surface area (Å²) in [6, 6.07) is 4.24. The van der Waals surface area contributed by atoms with Crippen molar-refractivity contribution < 1.29 is 4.79 Å². The molecule has 0 radical (unpaired) electrons. The topological polar surface area (TPSA) is 17.1 Å². The SMILES string of the molecule is CCc1cc2c(cc1I)C(=O)CC2. The molecule has 1 aromatic carbocycles. The molecule has 0 heterocycles. The van der Waals surface area contributed by atoms with Crippen LogP contribution in [0.2, 0.25) is 0 Å². The van der Waals surface area contributed by atoms with Crippen LogP contribution in [0.3, 0.4) is 0 Å². The molecule has 0 bridgehead atoms. The summed E-state index contributed by atoms with van der Waals surface area (Å²) in [6.45, 7) is 2.15. The van der Waals surface area contributed by atoms with Crippen LogP contribution in [-0.4, -0.2) is 5.78 Å². The fourth-order valence-electron chi connectivity index (χ4n) is 1.79. The molecular formula is C11H11IO. The number of fused-ring (bicyclic) bond motifs is 1. The molecule has 68 valence electrons. The molecule has 0 amide bonds. The molecule has 0 fully saturated rings. The number of benzene rings is 1. The molecule has 0 atom stereocenters. The number of hydrogen-bond donors (Lipinski definition) is 0. The van der Waals surface area contributed by atoms with E-state index >= 15 is 0 Å². The third-order valence-corrected chi connectivity index (χ3v) is 3.58. The van der Waals surface area contributed by atoms with Gasteiger partial charge >= 0.3 is 0 Å². The average Bonchev–Trinajstić information content (AvgIpc) is 2.47. The second-order valence-corrected chi connectivity index (χ2v) is 4.54. The van der Waals surface area contributed by atoms with E-state index in [2.05, 4.69) is 35.6 Å². The van der Waals surface area contributed by atoms with E-state index in [9.17, 15) is 4.79 Å². The van der Waals surface area contributed by atoms with E-state index in [1.165, 1.54) is 14.7 Å². The maximum atomic E-state index is 11.4. The van der Waals surface area contributed by atoms with Crippen LogP contribution in [0, 0.1) is 3.57 Å². The van der Waals surface area contributed by atoms with Crippen molar-refractivity contribution in [3.63, 3.8) is 0 Å². The summed E-state index contributed by atoms with van der Waals surface area (Å²) in [5.41, 5.74) is 3.58. The number of carbonyl (C=O) groups excluding carboxylic acids is 1. The zero-order valence-corrected chi connectivity index (χ0v) is 9.72. The predicted octanol–water partition coefficient (Wildman–Crippen LogP) is 2.98. The van der Waals surface area contributed by atoms with Gasteiger partial charge in [-0.15, -0.1) is 0 Å². The Hall–Kier alpha value is -0.380. The van der Waals surface area contributed by atoms with E-state index in [1.54, 1.807) is 0 Å². The zero-order valence-electron chi connectivity index (χ0n) is 7.56. The van der Waals surface area contributed by atoms with Crippen LogP contribution in [0.4, 0.5) is 0 Å². The average molecular weight is 286 g/mol. The number of ketones is 1. The van der Waals surface area contributed by atoms with E-state index < -0.39 is 0 Å². The predicted molar refractivity (Wildman–Crippen MR) is 61.2 cm³/mol. The molecular weight excluding hydrogens is 275 g/mol. The van der Waals surface area contributed by atoms with Gasteiger partial charge in [-0.2, -0.15) is 0 Å². The van der Waals surface area contributed by atoms with Gasteiger partial charge in [-0.25, -0.2) is 0 Å². The third-order valence-electron chi connectivity index (χ3n) is 2.57. The number of Topliss-reactive ketones (excluding diaryl/α,β-unsaturated/α-hetero) is 1. The Bertz CT molecular complexity index is 369. The highest BCUT2D eigenvalue weighted by molar-refractivity contribution is 14.1. The summed E-state index contributed by atoms with van der Waals surface area (Å²) in [4.78, 5) is 11.4. The lowest BCUT2D eigenvalue weighted by Gasteiger charge is -2.04. The highest BCUT2D eigenvalue weighted by Gasteiger charge is 2.20. The first-order chi connectivity index (χ1) is 6.22. The maximum absolute atomic E-state index is 11.4. The van der Waals surface area contributed by atoms with Crippen molar-refractivity contribution in [3.05, 3.63) is 32.4 Å². The Kier molecular flexibility index (Phi) is 2.41. The molecule has 0 unspecified atom stereocenters. The number of carbonyl (C=O) groups is 1. The van der Waals surface area contributed by atoms with Crippen LogP contribution >= 0.6 is 22.6 Å². The molecule has 0 saturated heterocycles. The quantitative estimate of drug-likeness (QED) is 0.725. The summed E-state index contributed by atoms with van der Waals surface area (Å²) < 4.78 is 1.23. The number of rotatable bonds is 1. The summed E-state index contributed by atoms with van der Waals surface area (Å²) in [7, 11) is 0. The number of hydrogen-bond acceptors (Lipinski definition) is 1. The smallest absolute Gasteiger partial charge is 0.163 e. The molecule has 1 aliphatic carbocycles. The molecule has 0 aliphatic heterocycles. The van der Waals surface area contributed by atoms with Crippen LogP contribution in [0.5, 0.6) is 0 Å². The first-order valence-electron chi connectivity index (χ1n) is 4.57. The fourth-order valence-corrected chi connectivity index (χ4v) is 2.64. The van der Waals surface area contributed by atoms with E-state index in [-0.39, 0.29) is 0 Å². The van der Waals surface area contributed by atoms with E-state index in [0.29, 0.717) is 12.2 Å². The number of halogens is 1. The minimum Gasteiger partial charge on any atom is -0.294 e.